The molecule has 6 nitrogen and oxygen atoms in total. The van der Waals surface area contributed by atoms with E-state index in [9.17, 15) is 13.2 Å². The molecular weight excluding hydrogens is 400 g/mol. The van der Waals surface area contributed by atoms with Crippen molar-refractivity contribution in [3.05, 3.63) is 59.7 Å². The summed E-state index contributed by atoms with van der Waals surface area (Å²) in [5, 5.41) is 0. The number of benzene rings is 2. The van der Waals surface area contributed by atoms with E-state index in [1.165, 1.54) is 10.4 Å². The molecule has 0 bridgehead atoms. The van der Waals surface area contributed by atoms with Crippen molar-refractivity contribution < 1.29 is 17.9 Å². The maximum absolute atomic E-state index is 13.3. The fraction of sp³-hybridized carbons (Fsp3) is 0.435. The Balaban J connectivity index is 1.56. The van der Waals surface area contributed by atoms with E-state index in [1.807, 2.05) is 36.1 Å². The summed E-state index contributed by atoms with van der Waals surface area (Å²) in [7, 11) is -3.55. The molecule has 2 fully saturated rings. The Morgan fingerprint density at radius 1 is 1.03 bits per heavy atom. The first-order chi connectivity index (χ1) is 14.5. The van der Waals surface area contributed by atoms with Gasteiger partial charge in [0, 0.05) is 25.2 Å². The van der Waals surface area contributed by atoms with Crippen molar-refractivity contribution in [3.63, 3.8) is 0 Å². The second-order valence-electron chi connectivity index (χ2n) is 7.80. The van der Waals surface area contributed by atoms with Gasteiger partial charge in [-0.3, -0.25) is 4.79 Å². The molecule has 30 heavy (non-hydrogen) atoms. The molecule has 0 spiro atoms. The standard InChI is InChI=1S/C23H28N2O4S/c1-2-29-20-12-10-18(11-13-20)22-9-6-16-25(22)23(26)19-7-5-8-21(17-19)30(27,28)24-14-3-4-15-24/h5,7-8,10-13,17,22H,2-4,6,9,14-16H2,1H3/t22-/m1/s1. The van der Waals surface area contributed by atoms with Gasteiger partial charge in [0.15, 0.2) is 0 Å². The molecule has 0 aliphatic carbocycles. The molecule has 0 unspecified atom stereocenters. The van der Waals surface area contributed by atoms with Gasteiger partial charge in [0.25, 0.3) is 5.91 Å². The minimum Gasteiger partial charge on any atom is -0.494 e. The van der Waals surface area contributed by atoms with E-state index < -0.39 is 10.0 Å². The Bertz CT molecular complexity index is 998. The molecule has 1 atom stereocenters. The molecule has 4 rings (SSSR count). The highest BCUT2D eigenvalue weighted by Crippen LogP contribution is 2.34. The number of rotatable bonds is 6. The van der Waals surface area contributed by atoms with Crippen LogP contribution in [0.5, 0.6) is 5.75 Å². The highest BCUT2D eigenvalue weighted by atomic mass is 32.2. The van der Waals surface area contributed by atoms with Crippen LogP contribution in [0.1, 0.15) is 54.6 Å². The van der Waals surface area contributed by atoms with Crippen LogP contribution in [-0.2, 0) is 10.0 Å². The molecule has 160 valence electrons. The molecule has 0 radical (unpaired) electrons. The largest absolute Gasteiger partial charge is 0.494 e. The van der Waals surface area contributed by atoms with E-state index in [0.29, 0.717) is 31.8 Å². The summed E-state index contributed by atoms with van der Waals surface area (Å²) in [4.78, 5) is 15.4. The number of likely N-dealkylation sites (tertiary alicyclic amines) is 1. The normalized spacial score (nSPS) is 19.9. The lowest BCUT2D eigenvalue weighted by Gasteiger charge is -2.26. The van der Waals surface area contributed by atoms with E-state index in [1.54, 1.807) is 18.2 Å². The first kappa shape index (κ1) is 20.9. The molecule has 0 N–H and O–H groups in total. The van der Waals surface area contributed by atoms with Crippen LogP contribution in [0.2, 0.25) is 0 Å². The maximum atomic E-state index is 13.3. The lowest BCUT2D eigenvalue weighted by Crippen LogP contribution is -2.31. The smallest absolute Gasteiger partial charge is 0.254 e. The third-order valence-corrected chi connectivity index (χ3v) is 7.77. The van der Waals surface area contributed by atoms with Crippen LogP contribution < -0.4 is 4.74 Å². The number of hydrogen-bond donors (Lipinski definition) is 0. The Morgan fingerprint density at radius 2 is 1.77 bits per heavy atom. The zero-order valence-corrected chi connectivity index (χ0v) is 18.1. The van der Waals surface area contributed by atoms with Crippen LogP contribution in [0.25, 0.3) is 0 Å². The summed E-state index contributed by atoms with van der Waals surface area (Å²) in [5.74, 6) is 0.696. The van der Waals surface area contributed by atoms with E-state index in [2.05, 4.69) is 0 Å². The Kier molecular flexibility index (Phi) is 6.11. The minimum absolute atomic E-state index is 0.00739. The molecule has 7 heteroatoms. The summed E-state index contributed by atoms with van der Waals surface area (Å²) in [6.07, 6.45) is 3.59. The van der Waals surface area contributed by atoms with Crippen molar-refractivity contribution in [2.24, 2.45) is 0 Å². The average Bonchev–Trinajstić information content (AvgIpc) is 3.47. The van der Waals surface area contributed by atoms with Gasteiger partial charge in [0.05, 0.1) is 17.5 Å². The van der Waals surface area contributed by atoms with Crippen molar-refractivity contribution in [2.45, 2.75) is 43.5 Å². The van der Waals surface area contributed by atoms with Gasteiger partial charge in [0.2, 0.25) is 10.0 Å². The van der Waals surface area contributed by atoms with Crippen LogP contribution >= 0.6 is 0 Å². The van der Waals surface area contributed by atoms with Gasteiger partial charge in [-0.15, -0.1) is 0 Å². The zero-order chi connectivity index (χ0) is 21.1. The predicted molar refractivity (Wildman–Crippen MR) is 115 cm³/mol. The molecule has 2 aliphatic heterocycles. The molecule has 0 aromatic heterocycles. The summed E-state index contributed by atoms with van der Waals surface area (Å²) in [6, 6.07) is 14.4. The van der Waals surface area contributed by atoms with Crippen molar-refractivity contribution in [3.8, 4) is 5.75 Å². The number of hydrogen-bond acceptors (Lipinski definition) is 4. The van der Waals surface area contributed by atoms with Gasteiger partial charge < -0.3 is 9.64 Å². The number of amides is 1. The SMILES string of the molecule is CCOc1ccc([C@H]2CCCN2C(=O)c2cccc(S(=O)(=O)N3CCCC3)c2)cc1. The maximum Gasteiger partial charge on any atom is 0.254 e. The summed E-state index contributed by atoms with van der Waals surface area (Å²) in [6.45, 7) is 4.33. The molecular formula is C23H28N2O4S. The lowest BCUT2D eigenvalue weighted by atomic mass is 10.0. The second kappa shape index (κ2) is 8.78. The van der Waals surface area contributed by atoms with Crippen molar-refractivity contribution in [1.29, 1.82) is 0 Å². The van der Waals surface area contributed by atoms with Gasteiger partial charge in [-0.05, 0) is 68.5 Å². The van der Waals surface area contributed by atoms with Crippen molar-refractivity contribution >= 4 is 15.9 Å². The fourth-order valence-electron chi connectivity index (χ4n) is 4.34. The van der Waals surface area contributed by atoms with Gasteiger partial charge in [-0.1, -0.05) is 18.2 Å². The minimum atomic E-state index is -3.55. The van der Waals surface area contributed by atoms with E-state index in [4.69, 9.17) is 4.74 Å². The Labute approximate surface area is 178 Å². The summed E-state index contributed by atoms with van der Waals surface area (Å²) >= 11 is 0. The van der Waals surface area contributed by atoms with E-state index in [-0.39, 0.29) is 16.8 Å². The number of nitrogens with zero attached hydrogens (tertiary/aromatic N) is 2. The molecule has 2 heterocycles. The Hall–Kier alpha value is -2.38. The van der Waals surface area contributed by atoms with Crippen LogP contribution in [-0.4, -0.2) is 49.8 Å². The van der Waals surface area contributed by atoms with Gasteiger partial charge in [0.1, 0.15) is 5.75 Å². The highest BCUT2D eigenvalue weighted by Gasteiger charge is 2.32. The third-order valence-electron chi connectivity index (χ3n) is 5.87. The first-order valence-corrected chi connectivity index (χ1v) is 12.1. The average molecular weight is 429 g/mol. The van der Waals surface area contributed by atoms with Crippen LogP contribution in [0.15, 0.2) is 53.4 Å². The molecule has 2 aromatic carbocycles. The number of sulfonamides is 1. The molecule has 2 aliphatic rings. The fourth-order valence-corrected chi connectivity index (χ4v) is 5.91. The van der Waals surface area contributed by atoms with Gasteiger partial charge in [-0.25, -0.2) is 8.42 Å². The van der Waals surface area contributed by atoms with E-state index >= 15 is 0 Å². The zero-order valence-electron chi connectivity index (χ0n) is 17.3. The monoisotopic (exact) mass is 428 g/mol. The number of carbonyl (C=O) groups is 1. The summed E-state index contributed by atoms with van der Waals surface area (Å²) in [5.41, 5.74) is 1.50. The van der Waals surface area contributed by atoms with Crippen LogP contribution in [0, 0.1) is 0 Å². The second-order valence-corrected chi connectivity index (χ2v) is 9.74. The van der Waals surface area contributed by atoms with Crippen LogP contribution in [0.4, 0.5) is 0 Å². The number of ether oxygens (including phenoxy) is 1. The summed E-state index contributed by atoms with van der Waals surface area (Å²) < 4.78 is 32.8. The first-order valence-electron chi connectivity index (χ1n) is 10.6. The van der Waals surface area contributed by atoms with Crippen molar-refractivity contribution in [2.75, 3.05) is 26.2 Å². The van der Waals surface area contributed by atoms with E-state index in [0.717, 1.165) is 37.0 Å². The van der Waals surface area contributed by atoms with Gasteiger partial charge >= 0.3 is 0 Å². The topological polar surface area (TPSA) is 66.9 Å². The molecule has 2 aromatic rings. The molecule has 1 amide bonds. The quantitative estimate of drug-likeness (QED) is 0.701. The lowest BCUT2D eigenvalue weighted by molar-refractivity contribution is 0.0735. The van der Waals surface area contributed by atoms with Crippen LogP contribution in [0.3, 0.4) is 0 Å². The highest BCUT2D eigenvalue weighted by molar-refractivity contribution is 7.89. The Morgan fingerprint density at radius 3 is 2.47 bits per heavy atom. The molecule has 2 saturated heterocycles. The third kappa shape index (κ3) is 4.09. The predicted octanol–water partition coefficient (Wildman–Crippen LogP) is 3.85. The van der Waals surface area contributed by atoms with Gasteiger partial charge in [-0.2, -0.15) is 4.31 Å². The molecule has 0 saturated carbocycles. The van der Waals surface area contributed by atoms with Crippen molar-refractivity contribution in [1.82, 2.24) is 9.21 Å². The number of carbonyl (C=O) groups excluding carboxylic acids is 1.